The highest BCUT2D eigenvalue weighted by Crippen LogP contribution is 2.19. The first-order valence-corrected chi connectivity index (χ1v) is 4.73. The van der Waals surface area contributed by atoms with Crippen LogP contribution in [0, 0.1) is 5.82 Å². The molecule has 0 unspecified atom stereocenters. The summed E-state index contributed by atoms with van der Waals surface area (Å²) < 4.78 is 13.3. The second kappa shape index (κ2) is 3.37. The Kier molecular flexibility index (Phi) is 2.20. The summed E-state index contributed by atoms with van der Waals surface area (Å²) in [6.07, 6.45) is 0. The van der Waals surface area contributed by atoms with Crippen LogP contribution in [-0.2, 0) is 0 Å². The molecule has 0 aliphatic carbocycles. The number of hydrogen-bond donors (Lipinski definition) is 0. The molecule has 2 aromatic rings. The van der Waals surface area contributed by atoms with E-state index >= 15 is 0 Å². The lowest BCUT2D eigenvalue weighted by atomic mass is 10.1. The first kappa shape index (κ1) is 9.13. The zero-order chi connectivity index (χ0) is 10.1. The van der Waals surface area contributed by atoms with E-state index in [2.05, 4.69) is 18.8 Å². The molecule has 1 nitrogen and oxygen atoms in total. The summed E-state index contributed by atoms with van der Waals surface area (Å²) in [7, 11) is 0. The number of rotatable bonds is 1. The van der Waals surface area contributed by atoms with Crippen LogP contribution in [0.2, 0.25) is 0 Å². The lowest BCUT2D eigenvalue weighted by Crippen LogP contribution is -1.93. The van der Waals surface area contributed by atoms with Gasteiger partial charge in [0.25, 0.3) is 0 Å². The molecule has 0 fully saturated rings. The molecule has 0 aliphatic rings. The van der Waals surface area contributed by atoms with Gasteiger partial charge in [0.1, 0.15) is 5.82 Å². The summed E-state index contributed by atoms with van der Waals surface area (Å²) in [6, 6.07) is 8.67. The molecule has 0 saturated heterocycles. The van der Waals surface area contributed by atoms with Gasteiger partial charge in [0.2, 0.25) is 0 Å². The molecule has 72 valence electrons. The third kappa shape index (κ3) is 1.48. The van der Waals surface area contributed by atoms with E-state index in [-0.39, 0.29) is 5.82 Å². The lowest BCUT2D eigenvalue weighted by molar-refractivity contribution is 0.639. The number of aromatic nitrogens is 1. The SMILES string of the molecule is CC(C)c1ccc2c(F)cccc2n1. The number of fused-ring (bicyclic) bond motifs is 1. The second-order valence-electron chi connectivity index (χ2n) is 3.70. The molecular formula is C12H12FN. The van der Waals surface area contributed by atoms with Gasteiger partial charge in [0.15, 0.2) is 0 Å². The van der Waals surface area contributed by atoms with E-state index in [0.29, 0.717) is 11.3 Å². The van der Waals surface area contributed by atoms with Crippen molar-refractivity contribution in [2.24, 2.45) is 0 Å². The summed E-state index contributed by atoms with van der Waals surface area (Å²) in [6.45, 7) is 4.15. The topological polar surface area (TPSA) is 12.9 Å². The average Bonchev–Trinajstić information content (AvgIpc) is 2.17. The summed E-state index contributed by atoms with van der Waals surface area (Å²) in [5, 5.41) is 0.594. The Morgan fingerprint density at radius 2 is 1.93 bits per heavy atom. The van der Waals surface area contributed by atoms with E-state index in [9.17, 15) is 4.39 Å². The summed E-state index contributed by atoms with van der Waals surface area (Å²) in [5.41, 5.74) is 1.74. The number of halogens is 1. The molecule has 1 aromatic carbocycles. The molecule has 0 bridgehead atoms. The fourth-order valence-corrected chi connectivity index (χ4v) is 1.45. The van der Waals surface area contributed by atoms with E-state index in [1.54, 1.807) is 12.1 Å². The van der Waals surface area contributed by atoms with Crippen LogP contribution in [0.15, 0.2) is 30.3 Å². The predicted octanol–water partition coefficient (Wildman–Crippen LogP) is 3.50. The molecule has 0 saturated carbocycles. The van der Waals surface area contributed by atoms with Crippen LogP contribution >= 0.6 is 0 Å². The average molecular weight is 189 g/mol. The van der Waals surface area contributed by atoms with Crippen LogP contribution < -0.4 is 0 Å². The maximum Gasteiger partial charge on any atom is 0.132 e. The van der Waals surface area contributed by atoms with Gasteiger partial charge in [-0.05, 0) is 30.2 Å². The summed E-state index contributed by atoms with van der Waals surface area (Å²) in [5.74, 6) is 0.174. The first-order chi connectivity index (χ1) is 6.68. The Bertz CT molecular complexity index is 463. The number of benzene rings is 1. The Balaban J connectivity index is 2.67. The molecule has 14 heavy (non-hydrogen) atoms. The highest BCUT2D eigenvalue weighted by Gasteiger charge is 2.04. The highest BCUT2D eigenvalue weighted by molar-refractivity contribution is 5.79. The van der Waals surface area contributed by atoms with E-state index in [1.165, 1.54) is 6.07 Å². The Hall–Kier alpha value is -1.44. The largest absolute Gasteiger partial charge is 0.252 e. The van der Waals surface area contributed by atoms with E-state index in [4.69, 9.17) is 0 Å². The minimum absolute atomic E-state index is 0.203. The quantitative estimate of drug-likeness (QED) is 0.669. The fourth-order valence-electron chi connectivity index (χ4n) is 1.45. The second-order valence-corrected chi connectivity index (χ2v) is 3.70. The monoisotopic (exact) mass is 189 g/mol. The molecule has 2 heteroatoms. The van der Waals surface area contributed by atoms with Gasteiger partial charge in [0, 0.05) is 11.1 Å². The van der Waals surface area contributed by atoms with Crippen LogP contribution in [-0.4, -0.2) is 4.98 Å². The molecule has 1 heterocycles. The third-order valence-corrected chi connectivity index (χ3v) is 2.29. The number of pyridine rings is 1. The van der Waals surface area contributed by atoms with Crippen molar-refractivity contribution in [1.29, 1.82) is 0 Å². The molecule has 1 aromatic heterocycles. The van der Waals surface area contributed by atoms with Crippen molar-refractivity contribution in [2.75, 3.05) is 0 Å². The highest BCUT2D eigenvalue weighted by atomic mass is 19.1. The third-order valence-electron chi connectivity index (χ3n) is 2.29. The van der Waals surface area contributed by atoms with Gasteiger partial charge in [0.05, 0.1) is 5.52 Å². The molecule has 0 aliphatic heterocycles. The number of nitrogens with zero attached hydrogens (tertiary/aromatic N) is 1. The summed E-state index contributed by atoms with van der Waals surface area (Å²) in [4.78, 5) is 4.40. The van der Waals surface area contributed by atoms with Gasteiger partial charge < -0.3 is 0 Å². The van der Waals surface area contributed by atoms with Gasteiger partial charge in [-0.25, -0.2) is 4.39 Å². The Morgan fingerprint density at radius 3 is 2.64 bits per heavy atom. The molecule has 0 atom stereocenters. The molecule has 0 radical (unpaired) electrons. The van der Waals surface area contributed by atoms with Crippen molar-refractivity contribution in [1.82, 2.24) is 4.98 Å². The van der Waals surface area contributed by atoms with Crippen LogP contribution in [0.1, 0.15) is 25.5 Å². The Morgan fingerprint density at radius 1 is 1.14 bits per heavy atom. The van der Waals surface area contributed by atoms with Crippen molar-refractivity contribution in [2.45, 2.75) is 19.8 Å². The van der Waals surface area contributed by atoms with Crippen molar-refractivity contribution in [3.8, 4) is 0 Å². The summed E-state index contributed by atoms with van der Waals surface area (Å²) >= 11 is 0. The Labute approximate surface area is 82.6 Å². The lowest BCUT2D eigenvalue weighted by Gasteiger charge is -2.05. The van der Waals surface area contributed by atoms with E-state index in [1.807, 2.05) is 12.1 Å². The number of hydrogen-bond acceptors (Lipinski definition) is 1. The standard InChI is InChI=1S/C12H12FN/c1-8(2)11-7-6-9-10(13)4-3-5-12(9)14-11/h3-8H,1-2H3. The maximum atomic E-state index is 13.3. The van der Waals surface area contributed by atoms with Crippen LogP contribution in [0.25, 0.3) is 10.9 Å². The minimum Gasteiger partial charge on any atom is -0.252 e. The van der Waals surface area contributed by atoms with Gasteiger partial charge in [-0.3, -0.25) is 4.98 Å². The zero-order valence-corrected chi connectivity index (χ0v) is 8.29. The van der Waals surface area contributed by atoms with Crippen LogP contribution in [0.3, 0.4) is 0 Å². The first-order valence-electron chi connectivity index (χ1n) is 4.73. The van der Waals surface area contributed by atoms with Gasteiger partial charge in [-0.2, -0.15) is 0 Å². The van der Waals surface area contributed by atoms with Crippen molar-refractivity contribution in [3.05, 3.63) is 41.8 Å². The molecule has 2 rings (SSSR count). The minimum atomic E-state index is -0.203. The normalized spacial score (nSPS) is 11.1. The maximum absolute atomic E-state index is 13.3. The van der Waals surface area contributed by atoms with Crippen LogP contribution in [0.5, 0.6) is 0 Å². The van der Waals surface area contributed by atoms with Crippen molar-refractivity contribution >= 4 is 10.9 Å². The molecule has 0 N–H and O–H groups in total. The van der Waals surface area contributed by atoms with Gasteiger partial charge in [-0.1, -0.05) is 19.9 Å². The van der Waals surface area contributed by atoms with Gasteiger partial charge in [-0.15, -0.1) is 0 Å². The predicted molar refractivity (Wildman–Crippen MR) is 55.8 cm³/mol. The molecule has 0 amide bonds. The van der Waals surface area contributed by atoms with Crippen molar-refractivity contribution in [3.63, 3.8) is 0 Å². The molecular weight excluding hydrogens is 177 g/mol. The molecule has 0 spiro atoms. The fraction of sp³-hybridized carbons (Fsp3) is 0.250. The van der Waals surface area contributed by atoms with Gasteiger partial charge >= 0.3 is 0 Å². The van der Waals surface area contributed by atoms with E-state index in [0.717, 1.165) is 11.2 Å². The van der Waals surface area contributed by atoms with Crippen LogP contribution in [0.4, 0.5) is 4.39 Å². The van der Waals surface area contributed by atoms with E-state index < -0.39 is 0 Å². The smallest absolute Gasteiger partial charge is 0.132 e. The van der Waals surface area contributed by atoms with Crippen molar-refractivity contribution < 1.29 is 4.39 Å². The zero-order valence-electron chi connectivity index (χ0n) is 8.29.